The first kappa shape index (κ1) is 13.0. The third-order valence-corrected chi connectivity index (χ3v) is 3.27. The smallest absolute Gasteiger partial charge is 0.0462 e. The summed E-state index contributed by atoms with van der Waals surface area (Å²) >= 11 is 0. The SMILES string of the molecule is CCCCC(CC)(CC)C[CH]CO. The molecule has 1 N–H and O–H groups in total. The lowest BCUT2D eigenvalue weighted by molar-refractivity contribution is 0.212. The molecule has 0 atom stereocenters. The van der Waals surface area contributed by atoms with Crippen LogP contribution in [-0.4, -0.2) is 11.7 Å². The highest BCUT2D eigenvalue weighted by Gasteiger charge is 2.24. The lowest BCUT2D eigenvalue weighted by Crippen LogP contribution is -2.19. The van der Waals surface area contributed by atoms with Crippen LogP contribution in [0.1, 0.15) is 59.3 Å². The van der Waals surface area contributed by atoms with Gasteiger partial charge in [-0.05, 0) is 24.7 Å². The summed E-state index contributed by atoms with van der Waals surface area (Å²) in [6.45, 7) is 7.01. The number of hydrogen-bond acceptors (Lipinski definition) is 1. The van der Waals surface area contributed by atoms with E-state index < -0.39 is 0 Å². The van der Waals surface area contributed by atoms with Crippen LogP contribution in [0.5, 0.6) is 0 Å². The van der Waals surface area contributed by atoms with E-state index in [1.807, 2.05) is 6.42 Å². The average molecular weight is 185 g/mol. The molecule has 0 rings (SSSR count). The molecule has 1 heteroatoms. The molecule has 13 heavy (non-hydrogen) atoms. The number of aliphatic hydroxyl groups is 1. The van der Waals surface area contributed by atoms with E-state index in [-0.39, 0.29) is 6.61 Å². The van der Waals surface area contributed by atoms with Crippen molar-refractivity contribution in [3.8, 4) is 0 Å². The Labute approximate surface area is 83.5 Å². The number of aliphatic hydroxyl groups excluding tert-OH is 1. The van der Waals surface area contributed by atoms with Crippen LogP contribution in [0.25, 0.3) is 0 Å². The molecule has 0 aromatic rings. The first-order valence-electron chi connectivity index (χ1n) is 5.67. The van der Waals surface area contributed by atoms with E-state index in [2.05, 4.69) is 20.8 Å². The third-order valence-electron chi connectivity index (χ3n) is 3.27. The zero-order chi connectivity index (χ0) is 10.2. The minimum atomic E-state index is 0.230. The predicted octanol–water partition coefficient (Wildman–Crippen LogP) is 3.57. The monoisotopic (exact) mass is 185 g/mol. The first-order chi connectivity index (χ1) is 6.24. The maximum atomic E-state index is 8.79. The van der Waals surface area contributed by atoms with Crippen molar-refractivity contribution in [3.63, 3.8) is 0 Å². The lowest BCUT2D eigenvalue weighted by atomic mass is 9.74. The van der Waals surface area contributed by atoms with E-state index in [0.717, 1.165) is 6.42 Å². The van der Waals surface area contributed by atoms with Crippen LogP contribution >= 0.6 is 0 Å². The van der Waals surface area contributed by atoms with Gasteiger partial charge in [-0.1, -0.05) is 46.5 Å². The summed E-state index contributed by atoms with van der Waals surface area (Å²) < 4.78 is 0. The van der Waals surface area contributed by atoms with E-state index in [4.69, 9.17) is 5.11 Å². The molecule has 0 spiro atoms. The fraction of sp³-hybridized carbons (Fsp3) is 0.917. The fourth-order valence-electron chi connectivity index (χ4n) is 1.92. The van der Waals surface area contributed by atoms with Gasteiger partial charge in [0, 0.05) is 6.61 Å². The summed E-state index contributed by atoms with van der Waals surface area (Å²) in [4.78, 5) is 0. The van der Waals surface area contributed by atoms with Crippen molar-refractivity contribution in [2.75, 3.05) is 6.61 Å². The van der Waals surface area contributed by atoms with Crippen LogP contribution in [0.2, 0.25) is 0 Å². The zero-order valence-electron chi connectivity index (χ0n) is 9.47. The van der Waals surface area contributed by atoms with E-state index in [0.29, 0.717) is 5.41 Å². The van der Waals surface area contributed by atoms with Gasteiger partial charge in [0.1, 0.15) is 0 Å². The Morgan fingerprint density at radius 3 is 2.15 bits per heavy atom. The Morgan fingerprint density at radius 1 is 1.15 bits per heavy atom. The molecule has 0 heterocycles. The molecule has 0 aliphatic heterocycles. The molecular weight excluding hydrogens is 160 g/mol. The van der Waals surface area contributed by atoms with Crippen molar-refractivity contribution in [2.24, 2.45) is 5.41 Å². The van der Waals surface area contributed by atoms with Crippen molar-refractivity contribution in [1.29, 1.82) is 0 Å². The van der Waals surface area contributed by atoms with Gasteiger partial charge in [0.25, 0.3) is 0 Å². The van der Waals surface area contributed by atoms with Crippen LogP contribution in [0.3, 0.4) is 0 Å². The molecule has 79 valence electrons. The van der Waals surface area contributed by atoms with Gasteiger partial charge in [-0.2, -0.15) is 0 Å². The first-order valence-corrected chi connectivity index (χ1v) is 5.67. The Bertz CT molecular complexity index is 95.7. The zero-order valence-corrected chi connectivity index (χ0v) is 9.47. The molecule has 0 bridgehead atoms. The third kappa shape index (κ3) is 4.66. The molecule has 1 radical (unpaired) electrons. The second-order valence-electron chi connectivity index (χ2n) is 3.99. The van der Waals surface area contributed by atoms with Crippen LogP contribution < -0.4 is 0 Å². The second kappa shape index (κ2) is 7.37. The van der Waals surface area contributed by atoms with Gasteiger partial charge in [-0.25, -0.2) is 0 Å². The van der Waals surface area contributed by atoms with E-state index in [9.17, 15) is 0 Å². The minimum absolute atomic E-state index is 0.230. The van der Waals surface area contributed by atoms with Gasteiger partial charge in [-0.15, -0.1) is 0 Å². The molecule has 0 fully saturated rings. The van der Waals surface area contributed by atoms with Gasteiger partial charge in [0.05, 0.1) is 0 Å². The van der Waals surface area contributed by atoms with Crippen molar-refractivity contribution in [3.05, 3.63) is 6.42 Å². The topological polar surface area (TPSA) is 20.2 Å². The van der Waals surface area contributed by atoms with Gasteiger partial charge in [-0.3, -0.25) is 0 Å². The summed E-state index contributed by atoms with van der Waals surface area (Å²) in [5, 5.41) is 8.79. The van der Waals surface area contributed by atoms with Crippen LogP contribution in [0.4, 0.5) is 0 Å². The Morgan fingerprint density at radius 2 is 1.77 bits per heavy atom. The van der Waals surface area contributed by atoms with E-state index in [1.165, 1.54) is 32.1 Å². The molecule has 0 unspecified atom stereocenters. The fourth-order valence-corrected chi connectivity index (χ4v) is 1.92. The maximum absolute atomic E-state index is 8.79. The number of unbranched alkanes of at least 4 members (excludes halogenated alkanes) is 1. The van der Waals surface area contributed by atoms with Crippen LogP contribution in [-0.2, 0) is 0 Å². The van der Waals surface area contributed by atoms with Crippen LogP contribution in [0, 0.1) is 11.8 Å². The van der Waals surface area contributed by atoms with Gasteiger partial charge >= 0.3 is 0 Å². The Balaban J connectivity index is 3.97. The van der Waals surface area contributed by atoms with Gasteiger partial charge in [0.2, 0.25) is 0 Å². The summed E-state index contributed by atoms with van der Waals surface area (Å²) in [6.07, 6.45) is 9.48. The van der Waals surface area contributed by atoms with E-state index >= 15 is 0 Å². The highest BCUT2D eigenvalue weighted by molar-refractivity contribution is 4.82. The quantitative estimate of drug-likeness (QED) is 0.613. The molecule has 0 saturated carbocycles. The highest BCUT2D eigenvalue weighted by Crippen LogP contribution is 2.36. The largest absolute Gasteiger partial charge is 0.396 e. The van der Waals surface area contributed by atoms with Crippen molar-refractivity contribution in [2.45, 2.75) is 59.3 Å². The Kier molecular flexibility index (Phi) is 7.35. The highest BCUT2D eigenvalue weighted by atomic mass is 16.2. The normalized spacial score (nSPS) is 12.0. The van der Waals surface area contributed by atoms with Crippen molar-refractivity contribution >= 4 is 0 Å². The molecule has 0 aromatic carbocycles. The molecule has 0 aliphatic rings. The minimum Gasteiger partial charge on any atom is -0.396 e. The summed E-state index contributed by atoms with van der Waals surface area (Å²) in [6, 6.07) is 0. The summed E-state index contributed by atoms with van der Waals surface area (Å²) in [7, 11) is 0. The molecule has 0 amide bonds. The van der Waals surface area contributed by atoms with Crippen molar-refractivity contribution in [1.82, 2.24) is 0 Å². The maximum Gasteiger partial charge on any atom is 0.0462 e. The standard InChI is InChI=1S/C12H25O/c1-4-7-9-12(5-2,6-3)10-8-11-13/h8,13H,4-7,9-11H2,1-3H3. The van der Waals surface area contributed by atoms with Gasteiger partial charge in [0.15, 0.2) is 0 Å². The average Bonchev–Trinajstić information content (AvgIpc) is 2.20. The summed E-state index contributed by atoms with van der Waals surface area (Å²) in [5.74, 6) is 0. The Hall–Kier alpha value is -0.0400. The van der Waals surface area contributed by atoms with E-state index in [1.54, 1.807) is 0 Å². The number of hydrogen-bond donors (Lipinski definition) is 1. The van der Waals surface area contributed by atoms with Crippen LogP contribution in [0.15, 0.2) is 0 Å². The summed E-state index contributed by atoms with van der Waals surface area (Å²) in [5.41, 5.74) is 0.471. The second-order valence-corrected chi connectivity index (χ2v) is 3.99. The van der Waals surface area contributed by atoms with Gasteiger partial charge < -0.3 is 5.11 Å². The molecule has 0 aromatic heterocycles. The molecule has 0 saturated heterocycles. The molecule has 0 aliphatic carbocycles. The lowest BCUT2D eigenvalue weighted by Gasteiger charge is -2.31. The number of rotatable bonds is 8. The molecular formula is C12H25O. The van der Waals surface area contributed by atoms with Crippen molar-refractivity contribution < 1.29 is 5.11 Å². The predicted molar refractivity (Wildman–Crippen MR) is 58.5 cm³/mol. The molecule has 1 nitrogen and oxygen atoms in total.